The molecule has 2 aromatic heterocycles. The molecule has 0 aliphatic rings. The molecule has 1 N–H and O–H groups in total. The molecule has 0 saturated carbocycles. The molecular weight excluding hydrogens is 520 g/mol. The Morgan fingerprint density at radius 3 is 1.95 bits per heavy atom. The molecule has 4 aromatic carbocycles. The highest BCUT2D eigenvalue weighted by Gasteiger charge is 2.49. The average Bonchev–Trinajstić information content (AvgIpc) is 3.45. The second-order valence-corrected chi connectivity index (χ2v) is 9.74. The van der Waals surface area contributed by atoms with Crippen molar-refractivity contribution in [3.05, 3.63) is 149 Å². The molecule has 0 amide bonds. The first-order chi connectivity index (χ1) is 19.6. The number of H-pyrrole nitrogens is 1. The Bertz CT molecular complexity index is 1690. The lowest BCUT2D eigenvalue weighted by atomic mass is 9.77. The zero-order chi connectivity index (χ0) is 27.5. The number of carbonyl (C=O) groups excluding carboxylic acids is 1. The van der Waals surface area contributed by atoms with Gasteiger partial charge in [0.2, 0.25) is 5.54 Å². The van der Waals surface area contributed by atoms with Gasteiger partial charge in [-0.1, -0.05) is 114 Å². The molecule has 6 nitrogen and oxygen atoms in total. The Kier molecular flexibility index (Phi) is 6.84. The van der Waals surface area contributed by atoms with Crippen LogP contribution in [0.3, 0.4) is 0 Å². The zero-order valence-electron chi connectivity index (χ0n) is 21.8. The summed E-state index contributed by atoms with van der Waals surface area (Å²) in [5.41, 5.74) is 3.78. The van der Waals surface area contributed by atoms with Gasteiger partial charge in [0, 0.05) is 32.2 Å². The highest BCUT2D eigenvalue weighted by Crippen LogP contribution is 2.37. The van der Waals surface area contributed by atoms with Crippen molar-refractivity contribution in [3.8, 4) is 11.4 Å². The third kappa shape index (κ3) is 4.32. The lowest BCUT2D eigenvalue weighted by Gasteiger charge is -2.32. The fourth-order valence-electron chi connectivity index (χ4n) is 5.27. The molecule has 0 unspecified atom stereocenters. The predicted molar refractivity (Wildman–Crippen MR) is 155 cm³/mol. The fraction of sp³-hybridized carbons (Fsp3) is 0.0909. The number of esters is 1. The van der Waals surface area contributed by atoms with E-state index in [1.165, 1.54) is 0 Å². The number of rotatable bonds is 7. The molecule has 0 saturated heterocycles. The number of aromatic nitrogens is 4. The molecule has 0 spiro atoms. The van der Waals surface area contributed by atoms with Gasteiger partial charge < -0.3 is 4.74 Å². The van der Waals surface area contributed by atoms with E-state index in [0.29, 0.717) is 16.4 Å². The summed E-state index contributed by atoms with van der Waals surface area (Å²) in [6, 6.07) is 39.5. The van der Waals surface area contributed by atoms with Gasteiger partial charge in [-0.3, -0.25) is 0 Å². The summed E-state index contributed by atoms with van der Waals surface area (Å²) in [7, 11) is 0. The molecule has 196 valence electrons. The number of fused-ring (bicyclic) bond motifs is 1. The smallest absolute Gasteiger partial charge is 0.385 e. The van der Waals surface area contributed by atoms with Crippen molar-refractivity contribution < 1.29 is 14.2 Å². The molecule has 6 aromatic rings. The van der Waals surface area contributed by atoms with Crippen LogP contribution in [-0.2, 0) is 10.3 Å². The fourth-order valence-corrected chi connectivity index (χ4v) is 5.45. The van der Waals surface area contributed by atoms with Gasteiger partial charge in [0.1, 0.15) is 5.69 Å². The van der Waals surface area contributed by atoms with E-state index < -0.39 is 11.5 Å². The van der Waals surface area contributed by atoms with E-state index in [2.05, 4.69) is 41.6 Å². The minimum atomic E-state index is -0.985. The van der Waals surface area contributed by atoms with Crippen molar-refractivity contribution >= 4 is 28.5 Å². The molecule has 7 heteroatoms. The van der Waals surface area contributed by atoms with E-state index in [4.69, 9.17) is 26.4 Å². The van der Waals surface area contributed by atoms with E-state index in [-0.39, 0.29) is 12.3 Å². The van der Waals surface area contributed by atoms with Crippen LogP contribution in [0, 0.1) is 0 Å². The van der Waals surface area contributed by atoms with E-state index in [0.717, 1.165) is 27.6 Å². The Morgan fingerprint density at radius 1 is 0.825 bits per heavy atom. The first-order valence-corrected chi connectivity index (χ1v) is 13.4. The maximum atomic E-state index is 13.8. The molecule has 0 aliphatic carbocycles. The number of hydrogen-bond acceptors (Lipinski definition) is 4. The highest BCUT2D eigenvalue weighted by molar-refractivity contribution is 6.31. The molecule has 2 heterocycles. The summed E-state index contributed by atoms with van der Waals surface area (Å²) < 4.78 is 7.44. The molecular formula is C33H26ClN4O2+. The van der Waals surface area contributed by atoms with Crippen molar-refractivity contribution in [1.29, 1.82) is 0 Å². The first kappa shape index (κ1) is 25.5. The van der Waals surface area contributed by atoms with Crippen LogP contribution in [0.1, 0.15) is 34.1 Å². The molecule has 6 rings (SSSR count). The molecule has 0 radical (unpaired) electrons. The molecule has 0 aliphatic heterocycles. The number of nitrogens with zero attached hydrogens (tertiary/aromatic N) is 3. The van der Waals surface area contributed by atoms with Gasteiger partial charge >= 0.3 is 5.97 Å². The minimum Gasteiger partial charge on any atom is -0.460 e. The molecule has 0 atom stereocenters. The van der Waals surface area contributed by atoms with Gasteiger partial charge in [0.25, 0.3) is 11.4 Å². The largest absolute Gasteiger partial charge is 0.460 e. The van der Waals surface area contributed by atoms with Crippen molar-refractivity contribution in [1.82, 2.24) is 15.3 Å². The second-order valence-electron chi connectivity index (χ2n) is 9.31. The van der Waals surface area contributed by atoms with Gasteiger partial charge in [0.05, 0.1) is 12.1 Å². The Labute approximate surface area is 236 Å². The monoisotopic (exact) mass is 545 g/mol. The third-order valence-electron chi connectivity index (χ3n) is 6.98. The number of nitrogens with one attached hydrogen (secondary N) is 1. The molecule has 0 bridgehead atoms. The van der Waals surface area contributed by atoms with E-state index in [1.807, 2.05) is 83.5 Å². The summed E-state index contributed by atoms with van der Waals surface area (Å²) in [4.78, 5) is 18.7. The standard InChI is InChI=1S/C33H25ClN4O2/c1-2-40-32(39)31-30(29-20-18-23-22-27(34)19-21-28(23)35-29)36-37-38(31)33(24-12-6-3-7-13-24,25-14-8-4-9-15-25)26-16-10-5-11-17-26/h3-22H,2H2,1H3/p+1. The van der Waals surface area contributed by atoms with Gasteiger partial charge in [-0.05, 0) is 31.2 Å². The van der Waals surface area contributed by atoms with Crippen LogP contribution >= 0.6 is 11.6 Å². The summed E-state index contributed by atoms with van der Waals surface area (Å²) >= 11 is 6.20. The van der Waals surface area contributed by atoms with E-state index >= 15 is 0 Å². The quantitative estimate of drug-likeness (QED) is 0.140. The van der Waals surface area contributed by atoms with E-state index in [9.17, 15) is 4.79 Å². The lowest BCUT2D eigenvalue weighted by molar-refractivity contribution is -0.789. The van der Waals surface area contributed by atoms with Crippen molar-refractivity contribution in [2.24, 2.45) is 0 Å². The predicted octanol–water partition coefficient (Wildman–Crippen LogP) is 6.58. The molecule has 0 fully saturated rings. The Balaban J connectivity index is 1.70. The van der Waals surface area contributed by atoms with Crippen molar-refractivity contribution in [2.75, 3.05) is 6.61 Å². The Hall–Kier alpha value is -4.81. The van der Waals surface area contributed by atoms with Crippen LogP contribution in [0.15, 0.2) is 121 Å². The van der Waals surface area contributed by atoms with Crippen molar-refractivity contribution in [3.63, 3.8) is 0 Å². The van der Waals surface area contributed by atoms with Gasteiger partial charge in [-0.15, -0.1) is 4.68 Å². The third-order valence-corrected chi connectivity index (χ3v) is 7.22. The van der Waals surface area contributed by atoms with Crippen molar-refractivity contribution in [2.45, 2.75) is 12.5 Å². The van der Waals surface area contributed by atoms with Crippen LogP contribution in [0.2, 0.25) is 5.02 Å². The van der Waals surface area contributed by atoms with Crippen LogP contribution in [0.25, 0.3) is 22.3 Å². The van der Waals surface area contributed by atoms with Gasteiger partial charge in [-0.2, -0.15) is 0 Å². The van der Waals surface area contributed by atoms with Crippen LogP contribution in [-0.4, -0.2) is 27.9 Å². The zero-order valence-corrected chi connectivity index (χ0v) is 22.5. The summed E-state index contributed by atoms with van der Waals surface area (Å²) in [5, 5.41) is 9.44. The van der Waals surface area contributed by atoms with Gasteiger partial charge in [0.15, 0.2) is 0 Å². The lowest BCUT2D eigenvalue weighted by Crippen LogP contribution is -2.62. The maximum Gasteiger partial charge on any atom is 0.385 e. The Morgan fingerprint density at radius 2 is 1.40 bits per heavy atom. The number of aromatic amines is 1. The summed E-state index contributed by atoms with van der Waals surface area (Å²) in [5.74, 6) is -0.503. The normalized spacial score (nSPS) is 11.4. The average molecular weight is 546 g/mol. The van der Waals surface area contributed by atoms with Gasteiger partial charge in [-0.25, -0.2) is 9.78 Å². The number of carbonyl (C=O) groups is 1. The maximum absolute atomic E-state index is 13.8. The SMILES string of the molecule is CCOC(=O)c1c(-c2ccc3cc(Cl)ccc3n2)n[nH][n+]1C(c1ccccc1)(c1ccccc1)c1ccccc1. The summed E-state index contributed by atoms with van der Waals surface area (Å²) in [6.45, 7) is 2.00. The topological polar surface area (TPSA) is 71.8 Å². The number of halogens is 1. The summed E-state index contributed by atoms with van der Waals surface area (Å²) in [6.07, 6.45) is 0. The van der Waals surface area contributed by atoms with Crippen LogP contribution < -0.4 is 4.68 Å². The number of pyridine rings is 1. The minimum absolute atomic E-state index is 0.210. The first-order valence-electron chi connectivity index (χ1n) is 13.0. The second kappa shape index (κ2) is 10.8. The van der Waals surface area contributed by atoms with E-state index in [1.54, 1.807) is 13.0 Å². The molecule has 40 heavy (non-hydrogen) atoms. The number of hydrogen-bond donors (Lipinski definition) is 1. The number of benzene rings is 4. The van der Waals surface area contributed by atoms with Crippen LogP contribution in [0.4, 0.5) is 0 Å². The number of ether oxygens (including phenoxy) is 1. The highest BCUT2D eigenvalue weighted by atomic mass is 35.5. The van der Waals surface area contributed by atoms with Crippen LogP contribution in [0.5, 0.6) is 0 Å².